The van der Waals surface area contributed by atoms with Crippen molar-refractivity contribution in [1.29, 1.82) is 0 Å². The molecule has 0 atom stereocenters. The van der Waals surface area contributed by atoms with Crippen LogP contribution in [0.4, 0.5) is 16.2 Å². The number of hydrogen-bond acceptors (Lipinski definition) is 6. The van der Waals surface area contributed by atoms with E-state index in [2.05, 4.69) is 40.2 Å². The minimum absolute atomic E-state index is 0.0982. The molecule has 0 fully saturated rings. The molecule has 5 aromatic rings. The second-order valence-corrected chi connectivity index (χ2v) is 18.1. The first-order valence-corrected chi connectivity index (χ1v) is 18.4. The largest absolute Gasteiger partial charge is 0.478 e. The van der Waals surface area contributed by atoms with Gasteiger partial charge in [0.25, 0.3) is 5.91 Å². The average molecular weight is 644 g/mol. The van der Waals surface area contributed by atoms with Gasteiger partial charge in [-0.2, -0.15) is 0 Å². The summed E-state index contributed by atoms with van der Waals surface area (Å²) < 4.78 is 5.38. The number of ether oxygens (including phenoxy) is 1. The number of carboxylic acids is 1. The molecule has 0 aliphatic carbocycles. The lowest BCUT2D eigenvalue weighted by molar-refractivity contribution is 0.0695. The summed E-state index contributed by atoms with van der Waals surface area (Å²) in [7, 11) is -1.34. The van der Waals surface area contributed by atoms with Crippen LogP contribution in [0.3, 0.4) is 0 Å². The maximum Gasteiger partial charge on any atom is 0.411 e. The van der Waals surface area contributed by atoms with Gasteiger partial charge in [-0.15, -0.1) is 0 Å². The van der Waals surface area contributed by atoms with Crippen LogP contribution in [-0.2, 0) is 11.3 Å². The van der Waals surface area contributed by atoms with Crippen molar-refractivity contribution < 1.29 is 24.2 Å². The molecule has 0 unspecified atom stereocenters. The van der Waals surface area contributed by atoms with Crippen LogP contribution in [-0.4, -0.2) is 47.7 Å². The smallest absolute Gasteiger partial charge is 0.411 e. The normalized spacial score (nSPS) is 11.5. The molecule has 45 heavy (non-hydrogen) atoms. The molecule has 0 saturated carbocycles. The molecule has 0 aliphatic rings. The highest BCUT2D eigenvalue weighted by atomic mass is 35.5. The third kappa shape index (κ3) is 6.94. The van der Waals surface area contributed by atoms with Gasteiger partial charge >= 0.3 is 12.1 Å². The predicted molar refractivity (Wildman–Crippen MR) is 181 cm³/mol. The molecule has 12 heteroatoms. The van der Waals surface area contributed by atoms with Crippen molar-refractivity contribution >= 4 is 70.8 Å². The molecular weight excluding hydrogens is 610 g/mol. The standard InChI is InChI=1S/C33H34ClN5O5Si/c1-18-22(6-5-7-26(18)36-16-19-8-9-20(34)14-24(19)32(41)42)25-17-37-30(31(35)40)29-28(25)23-11-10-21(15-27(23)39-29)38-33(43)44-12-13-45(2,3)4/h5-11,14-15,17,36,39H,12-13,16H2,1-4H3,(H2,35,40)(H,38,43)(H,41,42). The number of hydrogen-bond donors (Lipinski definition) is 5. The van der Waals surface area contributed by atoms with E-state index in [-0.39, 0.29) is 17.8 Å². The number of benzene rings is 3. The summed E-state index contributed by atoms with van der Waals surface area (Å²) in [5, 5.41) is 17.7. The number of rotatable bonds is 10. The molecular formula is C33H34ClN5O5Si. The zero-order valence-electron chi connectivity index (χ0n) is 25.4. The number of carbonyl (C=O) groups is 3. The Morgan fingerprint density at radius 2 is 1.84 bits per heavy atom. The Morgan fingerprint density at radius 3 is 2.56 bits per heavy atom. The Morgan fingerprint density at radius 1 is 1.07 bits per heavy atom. The first-order chi connectivity index (χ1) is 21.3. The van der Waals surface area contributed by atoms with Crippen molar-refractivity contribution in [3.63, 3.8) is 0 Å². The van der Waals surface area contributed by atoms with Crippen LogP contribution in [0.1, 0.15) is 32.0 Å². The lowest BCUT2D eigenvalue weighted by Gasteiger charge is -2.16. The monoisotopic (exact) mass is 643 g/mol. The molecule has 0 bridgehead atoms. The van der Waals surface area contributed by atoms with E-state index in [4.69, 9.17) is 22.1 Å². The summed E-state index contributed by atoms with van der Waals surface area (Å²) in [6.07, 6.45) is 1.10. The predicted octanol–water partition coefficient (Wildman–Crippen LogP) is 7.64. The maximum atomic E-state index is 12.4. The number of pyridine rings is 1. The van der Waals surface area contributed by atoms with Crippen molar-refractivity contribution in [1.82, 2.24) is 9.97 Å². The molecule has 10 nitrogen and oxygen atoms in total. The second-order valence-electron chi connectivity index (χ2n) is 12.0. The van der Waals surface area contributed by atoms with Crippen LogP contribution < -0.4 is 16.4 Å². The van der Waals surface area contributed by atoms with Gasteiger partial charge < -0.3 is 25.9 Å². The van der Waals surface area contributed by atoms with Crippen LogP contribution in [0.2, 0.25) is 30.7 Å². The highest BCUT2D eigenvalue weighted by Crippen LogP contribution is 2.39. The Balaban J connectivity index is 1.50. The Hall–Kier alpha value is -4.87. The summed E-state index contributed by atoms with van der Waals surface area (Å²) in [6.45, 7) is 9.23. The Kier molecular flexibility index (Phi) is 8.85. The van der Waals surface area contributed by atoms with Crippen molar-refractivity contribution in [2.24, 2.45) is 5.73 Å². The number of carbonyl (C=O) groups excluding carboxylic acids is 2. The number of halogens is 1. The summed E-state index contributed by atoms with van der Waals surface area (Å²) in [4.78, 5) is 44.3. The molecule has 6 N–H and O–H groups in total. The number of carboxylic acid groups (broad SMARTS) is 1. The molecule has 0 radical (unpaired) electrons. The molecule has 0 saturated heterocycles. The number of nitrogens with zero attached hydrogens (tertiary/aromatic N) is 1. The Labute approximate surface area is 266 Å². The number of aromatic carboxylic acids is 1. The van der Waals surface area contributed by atoms with Gasteiger partial charge in [-0.1, -0.05) is 55.5 Å². The number of anilines is 2. The zero-order chi connectivity index (χ0) is 32.5. The lowest BCUT2D eigenvalue weighted by atomic mass is 9.95. The fourth-order valence-electron chi connectivity index (χ4n) is 5.20. The number of fused-ring (bicyclic) bond motifs is 3. The van der Waals surface area contributed by atoms with Crippen molar-refractivity contribution in [3.8, 4) is 11.1 Å². The van der Waals surface area contributed by atoms with Crippen LogP contribution in [0.5, 0.6) is 0 Å². The van der Waals surface area contributed by atoms with Gasteiger partial charge in [0.15, 0.2) is 5.69 Å². The summed E-state index contributed by atoms with van der Waals surface area (Å²) in [5.41, 5.74) is 11.5. The van der Waals surface area contributed by atoms with Crippen molar-refractivity contribution in [3.05, 3.63) is 88.2 Å². The first-order valence-electron chi connectivity index (χ1n) is 14.4. The number of aromatic amines is 1. The van der Waals surface area contributed by atoms with Gasteiger partial charge in [0.1, 0.15) is 0 Å². The lowest BCUT2D eigenvalue weighted by Crippen LogP contribution is -2.24. The molecule has 0 aliphatic heterocycles. The van der Waals surface area contributed by atoms with Crippen LogP contribution in [0, 0.1) is 6.92 Å². The molecule has 2 amide bonds. The van der Waals surface area contributed by atoms with E-state index in [1.165, 1.54) is 6.07 Å². The van der Waals surface area contributed by atoms with Crippen LogP contribution in [0.15, 0.2) is 60.8 Å². The Bertz CT molecular complexity index is 1970. The van der Waals surface area contributed by atoms with Crippen LogP contribution in [0.25, 0.3) is 32.9 Å². The summed E-state index contributed by atoms with van der Waals surface area (Å²) in [6, 6.07) is 16.8. The fraction of sp³-hybridized carbons (Fsp3) is 0.212. The quantitative estimate of drug-likeness (QED) is 0.0977. The van der Waals surface area contributed by atoms with Crippen molar-refractivity contribution in [2.75, 3.05) is 17.2 Å². The van der Waals surface area contributed by atoms with Gasteiger partial charge in [-0.25, -0.2) is 14.6 Å². The van der Waals surface area contributed by atoms with E-state index in [1.54, 1.807) is 30.5 Å². The number of aromatic nitrogens is 2. The van der Waals surface area contributed by atoms with Crippen LogP contribution >= 0.6 is 11.6 Å². The zero-order valence-corrected chi connectivity index (χ0v) is 27.1. The number of primary amides is 1. The van der Waals surface area contributed by atoms with Crippen molar-refractivity contribution in [2.45, 2.75) is 39.2 Å². The van der Waals surface area contributed by atoms with E-state index >= 15 is 0 Å². The summed E-state index contributed by atoms with van der Waals surface area (Å²) in [5.74, 6) is -1.73. The fourth-order valence-corrected chi connectivity index (χ4v) is 6.08. The van der Waals surface area contributed by atoms with Gasteiger partial charge in [0, 0.05) is 59.1 Å². The van der Waals surface area contributed by atoms with Gasteiger partial charge in [0.05, 0.1) is 17.7 Å². The molecule has 0 spiro atoms. The maximum absolute atomic E-state index is 12.4. The summed E-state index contributed by atoms with van der Waals surface area (Å²) >= 11 is 6.02. The number of nitrogens with two attached hydrogens (primary N) is 1. The molecule has 5 rings (SSSR count). The molecule has 232 valence electrons. The van der Waals surface area contributed by atoms with Gasteiger partial charge in [-0.05, 0) is 60.0 Å². The second kappa shape index (κ2) is 12.6. The number of nitrogens with one attached hydrogen (secondary N) is 3. The third-order valence-corrected chi connectivity index (χ3v) is 9.53. The average Bonchev–Trinajstić information content (AvgIpc) is 3.34. The van der Waals surface area contributed by atoms with E-state index in [1.807, 2.05) is 31.2 Å². The van der Waals surface area contributed by atoms with E-state index in [0.29, 0.717) is 33.9 Å². The van der Waals surface area contributed by atoms with E-state index in [0.717, 1.165) is 39.2 Å². The first kappa shape index (κ1) is 31.5. The SMILES string of the molecule is Cc1c(NCc2ccc(Cl)cc2C(=O)O)cccc1-c1cnc(C(N)=O)c2[nH]c3cc(NC(=O)OCC[Si](C)(C)C)ccc3c12. The van der Waals surface area contributed by atoms with Gasteiger partial charge in [0.2, 0.25) is 0 Å². The van der Waals surface area contributed by atoms with Gasteiger partial charge in [-0.3, -0.25) is 10.1 Å². The number of H-pyrrole nitrogens is 1. The highest BCUT2D eigenvalue weighted by molar-refractivity contribution is 6.76. The minimum atomic E-state index is -1.34. The molecule has 2 heterocycles. The third-order valence-electron chi connectivity index (χ3n) is 7.59. The van der Waals surface area contributed by atoms with E-state index < -0.39 is 26.0 Å². The topological polar surface area (TPSA) is 159 Å². The number of amides is 2. The molecule has 2 aromatic heterocycles. The molecule has 3 aromatic carbocycles. The highest BCUT2D eigenvalue weighted by Gasteiger charge is 2.21. The van der Waals surface area contributed by atoms with E-state index in [9.17, 15) is 19.5 Å². The minimum Gasteiger partial charge on any atom is -0.478 e.